The first-order chi connectivity index (χ1) is 16.4. The number of hydrogen-bond acceptors (Lipinski definition) is 5. The van der Waals surface area contributed by atoms with Gasteiger partial charge < -0.3 is 10.1 Å². The molecule has 0 radical (unpaired) electrons. The summed E-state index contributed by atoms with van der Waals surface area (Å²) in [6.45, 7) is 3.67. The number of rotatable bonds is 5. The standard InChI is InChI=1S/C25H20ClN5O3/c1-15-6-5-9-21(16(15)2)34-24-23-29-30(14-22(32)27-18-12-10-17(26)11-13-18)25(33)31(23)20-8-4-3-7-19(20)28-24/h3-13H,14H2,1-2H3,(H,27,32). The van der Waals surface area contributed by atoms with E-state index in [4.69, 9.17) is 16.3 Å². The SMILES string of the molecule is Cc1cccc(Oc2nc3ccccc3n3c(=O)n(CC(=O)Nc4ccc(Cl)cc4)nc23)c1C. The molecule has 0 spiro atoms. The molecular formula is C25H20ClN5O3. The van der Waals surface area contributed by atoms with Crippen molar-refractivity contribution in [2.45, 2.75) is 20.4 Å². The van der Waals surface area contributed by atoms with Crippen molar-refractivity contribution in [3.63, 3.8) is 0 Å². The Morgan fingerprint density at radius 2 is 1.79 bits per heavy atom. The predicted molar refractivity (Wildman–Crippen MR) is 131 cm³/mol. The topological polar surface area (TPSA) is 90.5 Å². The first-order valence-corrected chi connectivity index (χ1v) is 11.0. The molecule has 0 aliphatic carbocycles. The highest BCUT2D eigenvalue weighted by Gasteiger charge is 2.19. The Bertz CT molecular complexity index is 1610. The average Bonchev–Trinajstić information content (AvgIpc) is 3.15. The Morgan fingerprint density at radius 3 is 2.59 bits per heavy atom. The number of aryl methyl sites for hydroxylation is 1. The van der Waals surface area contributed by atoms with Crippen molar-refractivity contribution in [3.8, 4) is 11.6 Å². The van der Waals surface area contributed by atoms with E-state index >= 15 is 0 Å². The molecule has 0 atom stereocenters. The van der Waals surface area contributed by atoms with Gasteiger partial charge in [-0.05, 0) is 67.4 Å². The molecule has 0 aliphatic rings. The number of benzene rings is 3. The molecule has 170 valence electrons. The lowest BCUT2D eigenvalue weighted by Gasteiger charge is -2.11. The number of para-hydroxylation sites is 2. The zero-order valence-electron chi connectivity index (χ0n) is 18.4. The molecule has 0 fully saturated rings. The molecule has 3 aromatic carbocycles. The summed E-state index contributed by atoms with van der Waals surface area (Å²) in [6, 6.07) is 19.6. The predicted octanol–water partition coefficient (Wildman–Crippen LogP) is 4.75. The molecule has 0 saturated heterocycles. The van der Waals surface area contributed by atoms with Crippen molar-refractivity contribution in [3.05, 3.63) is 93.4 Å². The lowest BCUT2D eigenvalue weighted by atomic mass is 10.1. The largest absolute Gasteiger partial charge is 0.436 e. The van der Waals surface area contributed by atoms with Crippen molar-refractivity contribution in [1.82, 2.24) is 19.2 Å². The molecule has 2 aromatic heterocycles. The van der Waals surface area contributed by atoms with E-state index in [1.807, 2.05) is 44.2 Å². The van der Waals surface area contributed by atoms with Gasteiger partial charge in [0.1, 0.15) is 12.3 Å². The Morgan fingerprint density at radius 1 is 1.03 bits per heavy atom. The van der Waals surface area contributed by atoms with Crippen molar-refractivity contribution in [1.29, 1.82) is 0 Å². The molecule has 5 aromatic rings. The second-order valence-electron chi connectivity index (χ2n) is 7.86. The maximum absolute atomic E-state index is 13.3. The van der Waals surface area contributed by atoms with Crippen molar-refractivity contribution in [2.75, 3.05) is 5.32 Å². The number of aromatic nitrogens is 4. The van der Waals surface area contributed by atoms with Crippen LogP contribution in [0.5, 0.6) is 11.6 Å². The number of halogens is 1. The van der Waals surface area contributed by atoms with Crippen LogP contribution < -0.4 is 15.7 Å². The Labute approximate surface area is 199 Å². The molecule has 0 aliphatic heterocycles. The number of nitrogens with zero attached hydrogens (tertiary/aromatic N) is 4. The monoisotopic (exact) mass is 473 g/mol. The Kier molecular flexibility index (Phi) is 5.51. The van der Waals surface area contributed by atoms with Crippen LogP contribution in [0.3, 0.4) is 0 Å². The summed E-state index contributed by atoms with van der Waals surface area (Å²) in [5.74, 6) is 0.399. The average molecular weight is 474 g/mol. The summed E-state index contributed by atoms with van der Waals surface area (Å²) >= 11 is 5.89. The number of carbonyl (C=O) groups excluding carboxylic acids is 1. The molecule has 8 nitrogen and oxygen atoms in total. The van der Waals surface area contributed by atoms with E-state index in [9.17, 15) is 9.59 Å². The fraction of sp³-hybridized carbons (Fsp3) is 0.120. The number of fused-ring (bicyclic) bond motifs is 3. The summed E-state index contributed by atoms with van der Waals surface area (Å²) in [6.07, 6.45) is 0. The van der Waals surface area contributed by atoms with Crippen LogP contribution in [0.15, 0.2) is 71.5 Å². The van der Waals surface area contributed by atoms with E-state index in [1.54, 1.807) is 36.4 Å². The lowest BCUT2D eigenvalue weighted by Crippen LogP contribution is -2.28. The van der Waals surface area contributed by atoms with Crippen LogP contribution in [0.2, 0.25) is 5.02 Å². The summed E-state index contributed by atoms with van der Waals surface area (Å²) < 4.78 is 8.65. The van der Waals surface area contributed by atoms with Gasteiger partial charge in [-0.3, -0.25) is 4.79 Å². The number of carbonyl (C=O) groups is 1. The molecule has 0 bridgehead atoms. The van der Waals surface area contributed by atoms with E-state index in [2.05, 4.69) is 15.4 Å². The highest BCUT2D eigenvalue weighted by Crippen LogP contribution is 2.29. The Balaban J connectivity index is 1.57. The summed E-state index contributed by atoms with van der Waals surface area (Å²) in [5, 5.41) is 7.71. The van der Waals surface area contributed by atoms with Gasteiger partial charge in [-0.15, -0.1) is 5.10 Å². The zero-order chi connectivity index (χ0) is 23.8. The van der Waals surface area contributed by atoms with Crippen molar-refractivity contribution in [2.24, 2.45) is 0 Å². The maximum Gasteiger partial charge on any atom is 0.351 e. The van der Waals surface area contributed by atoms with Gasteiger partial charge in [0.05, 0.1) is 11.0 Å². The van der Waals surface area contributed by atoms with E-state index < -0.39 is 11.6 Å². The molecule has 34 heavy (non-hydrogen) atoms. The van der Waals surface area contributed by atoms with Crippen LogP contribution in [0.1, 0.15) is 11.1 Å². The smallest absolute Gasteiger partial charge is 0.351 e. The van der Waals surface area contributed by atoms with Crippen molar-refractivity contribution >= 4 is 39.9 Å². The minimum Gasteiger partial charge on any atom is -0.436 e. The van der Waals surface area contributed by atoms with Gasteiger partial charge in [0, 0.05) is 10.7 Å². The van der Waals surface area contributed by atoms with E-state index in [0.29, 0.717) is 27.5 Å². The fourth-order valence-corrected chi connectivity index (χ4v) is 3.78. The quantitative estimate of drug-likeness (QED) is 0.398. The Hall–Kier alpha value is -4.17. The van der Waals surface area contributed by atoms with E-state index in [0.717, 1.165) is 15.8 Å². The molecular weight excluding hydrogens is 454 g/mol. The second-order valence-corrected chi connectivity index (χ2v) is 8.30. The maximum atomic E-state index is 13.3. The molecule has 9 heteroatoms. The van der Waals surface area contributed by atoms with E-state index in [-0.39, 0.29) is 18.1 Å². The van der Waals surface area contributed by atoms with Gasteiger partial charge in [-0.25, -0.2) is 18.9 Å². The van der Waals surface area contributed by atoms with Gasteiger partial charge in [-0.2, -0.15) is 0 Å². The number of anilines is 1. The van der Waals surface area contributed by atoms with Crippen molar-refractivity contribution < 1.29 is 9.53 Å². The number of hydrogen-bond donors (Lipinski definition) is 1. The van der Waals surface area contributed by atoms with Crippen LogP contribution in [-0.4, -0.2) is 25.1 Å². The number of amides is 1. The third kappa shape index (κ3) is 3.99. The number of ether oxygens (including phenoxy) is 1. The van der Waals surface area contributed by atoms with Gasteiger partial charge >= 0.3 is 5.69 Å². The molecule has 2 heterocycles. The second kappa shape index (κ2) is 8.64. The van der Waals surface area contributed by atoms with Crippen LogP contribution in [0, 0.1) is 13.8 Å². The van der Waals surface area contributed by atoms with Gasteiger partial charge in [0.2, 0.25) is 11.6 Å². The minimum atomic E-state index is -0.467. The first-order valence-electron chi connectivity index (χ1n) is 10.6. The third-order valence-electron chi connectivity index (χ3n) is 5.56. The summed E-state index contributed by atoms with van der Waals surface area (Å²) in [4.78, 5) is 30.5. The van der Waals surface area contributed by atoms with Crippen LogP contribution in [0.4, 0.5) is 5.69 Å². The molecule has 1 amide bonds. The molecule has 1 N–H and O–H groups in total. The fourth-order valence-electron chi connectivity index (χ4n) is 3.65. The summed E-state index contributed by atoms with van der Waals surface area (Å²) in [5.41, 5.74) is 3.49. The minimum absolute atomic E-state index is 0.182. The lowest BCUT2D eigenvalue weighted by molar-refractivity contribution is -0.117. The number of nitrogens with one attached hydrogen (secondary N) is 1. The molecule has 5 rings (SSSR count). The van der Waals surface area contributed by atoms with Gasteiger partial charge in [0.25, 0.3) is 5.88 Å². The normalized spacial score (nSPS) is 11.1. The van der Waals surface area contributed by atoms with Crippen LogP contribution in [0.25, 0.3) is 16.7 Å². The third-order valence-corrected chi connectivity index (χ3v) is 5.81. The highest BCUT2D eigenvalue weighted by molar-refractivity contribution is 6.30. The van der Waals surface area contributed by atoms with E-state index in [1.165, 1.54) is 4.40 Å². The first kappa shape index (κ1) is 21.7. The van der Waals surface area contributed by atoms with Gasteiger partial charge in [0.15, 0.2) is 0 Å². The van der Waals surface area contributed by atoms with Crippen LogP contribution >= 0.6 is 11.6 Å². The summed E-state index contributed by atoms with van der Waals surface area (Å²) in [7, 11) is 0. The zero-order valence-corrected chi connectivity index (χ0v) is 19.2. The molecule has 0 unspecified atom stereocenters. The van der Waals surface area contributed by atoms with Crippen LogP contribution in [-0.2, 0) is 11.3 Å². The molecule has 0 saturated carbocycles. The van der Waals surface area contributed by atoms with Gasteiger partial charge in [-0.1, -0.05) is 35.9 Å². The highest BCUT2D eigenvalue weighted by atomic mass is 35.5.